The van der Waals surface area contributed by atoms with Gasteiger partial charge in [0.25, 0.3) is 0 Å². The third kappa shape index (κ3) is 2.98. The fourth-order valence-corrected chi connectivity index (χ4v) is 2.63. The smallest absolute Gasteiger partial charge is 0.305 e. The van der Waals surface area contributed by atoms with Crippen LogP contribution < -0.4 is 4.90 Å². The summed E-state index contributed by atoms with van der Waals surface area (Å²) in [5, 5.41) is 18.9. The van der Waals surface area contributed by atoms with Crippen LogP contribution in [0.2, 0.25) is 0 Å². The molecule has 0 aliphatic carbocycles. The molecule has 1 heterocycles. The molecule has 2 aromatic rings. The number of benzene rings is 1. The van der Waals surface area contributed by atoms with Gasteiger partial charge in [0.1, 0.15) is 6.07 Å². The summed E-state index contributed by atoms with van der Waals surface area (Å²) in [5.41, 5.74) is 2.97. The highest BCUT2D eigenvalue weighted by Gasteiger charge is 2.16. The number of fused-ring (bicyclic) bond motifs is 1. The van der Waals surface area contributed by atoms with Crippen LogP contribution in [0.25, 0.3) is 10.9 Å². The molecular weight excluding hydrogens is 334 g/mol. The van der Waals surface area contributed by atoms with Gasteiger partial charge >= 0.3 is 5.97 Å². The average molecular weight is 348 g/mol. The Hall–Kier alpha value is -2.13. The number of carboxylic acids is 1. The van der Waals surface area contributed by atoms with Crippen LogP contribution in [0.15, 0.2) is 22.8 Å². The van der Waals surface area contributed by atoms with E-state index in [1.54, 1.807) is 11.9 Å². The van der Waals surface area contributed by atoms with E-state index in [0.29, 0.717) is 17.8 Å². The molecule has 0 atom stereocenters. The van der Waals surface area contributed by atoms with Gasteiger partial charge in [-0.3, -0.25) is 9.78 Å². The van der Waals surface area contributed by atoms with Crippen molar-refractivity contribution >= 4 is 38.5 Å². The fraction of sp³-hybridized carbons (Fsp3) is 0.267. The van der Waals surface area contributed by atoms with Gasteiger partial charge in [-0.25, -0.2) is 0 Å². The Kier molecular flexibility index (Phi) is 4.43. The highest BCUT2D eigenvalue weighted by Crippen LogP contribution is 2.34. The van der Waals surface area contributed by atoms with Gasteiger partial charge in [0.05, 0.1) is 23.2 Å². The summed E-state index contributed by atoms with van der Waals surface area (Å²) in [6, 6.07) is 5.98. The highest BCUT2D eigenvalue weighted by molar-refractivity contribution is 9.10. The molecule has 0 amide bonds. The predicted molar refractivity (Wildman–Crippen MR) is 84.4 cm³/mol. The predicted octanol–water partition coefficient (Wildman–Crippen LogP) is 3.09. The molecule has 108 valence electrons. The van der Waals surface area contributed by atoms with E-state index >= 15 is 0 Å². The SMILES string of the molecule is Cc1ccc2c(N(C)CCC(=O)O)c(C#N)cnc2c1Br. The minimum Gasteiger partial charge on any atom is -0.481 e. The van der Waals surface area contributed by atoms with Crippen LogP contribution in [-0.2, 0) is 4.79 Å². The molecule has 0 radical (unpaired) electrons. The van der Waals surface area contributed by atoms with Crippen LogP contribution in [0, 0.1) is 18.3 Å². The molecule has 5 nitrogen and oxygen atoms in total. The van der Waals surface area contributed by atoms with Gasteiger partial charge in [0.2, 0.25) is 0 Å². The number of aliphatic carboxylic acids is 1. The molecule has 6 heteroatoms. The Morgan fingerprint density at radius 2 is 2.24 bits per heavy atom. The van der Waals surface area contributed by atoms with Gasteiger partial charge in [-0.1, -0.05) is 12.1 Å². The van der Waals surface area contributed by atoms with Crippen LogP contribution in [0.1, 0.15) is 17.5 Å². The van der Waals surface area contributed by atoms with Crippen molar-refractivity contribution < 1.29 is 9.90 Å². The summed E-state index contributed by atoms with van der Waals surface area (Å²) in [6.07, 6.45) is 1.54. The number of halogens is 1. The van der Waals surface area contributed by atoms with E-state index in [1.807, 2.05) is 19.1 Å². The number of pyridine rings is 1. The van der Waals surface area contributed by atoms with Crippen molar-refractivity contribution in [1.82, 2.24) is 4.98 Å². The molecule has 0 aliphatic rings. The zero-order valence-corrected chi connectivity index (χ0v) is 13.3. The Morgan fingerprint density at radius 1 is 1.52 bits per heavy atom. The number of nitriles is 1. The monoisotopic (exact) mass is 347 g/mol. The van der Waals surface area contributed by atoms with E-state index in [-0.39, 0.29) is 6.42 Å². The van der Waals surface area contributed by atoms with Crippen LogP contribution >= 0.6 is 15.9 Å². The minimum absolute atomic E-state index is 0.0121. The summed E-state index contributed by atoms with van der Waals surface area (Å²) < 4.78 is 0.886. The molecule has 1 aromatic carbocycles. The first-order valence-electron chi connectivity index (χ1n) is 6.36. The maximum absolute atomic E-state index is 10.7. The molecule has 0 spiro atoms. The zero-order chi connectivity index (χ0) is 15.6. The molecule has 0 aliphatic heterocycles. The molecule has 0 bridgehead atoms. The minimum atomic E-state index is -0.865. The van der Waals surface area contributed by atoms with Crippen molar-refractivity contribution in [3.05, 3.63) is 33.9 Å². The first-order chi connectivity index (χ1) is 9.95. The molecule has 1 N–H and O–H groups in total. The molecule has 0 saturated heterocycles. The van der Waals surface area contributed by atoms with Gasteiger partial charge in [-0.05, 0) is 28.4 Å². The maximum Gasteiger partial charge on any atom is 0.305 e. The first kappa shape index (κ1) is 15.3. The molecule has 1 aromatic heterocycles. The number of carbonyl (C=O) groups is 1. The second kappa shape index (κ2) is 6.10. The zero-order valence-electron chi connectivity index (χ0n) is 11.7. The molecule has 0 unspecified atom stereocenters. The molecule has 21 heavy (non-hydrogen) atoms. The van der Waals surface area contributed by atoms with Crippen LogP contribution in [-0.4, -0.2) is 29.7 Å². The van der Waals surface area contributed by atoms with E-state index in [0.717, 1.165) is 20.9 Å². The van der Waals surface area contributed by atoms with Crippen molar-refractivity contribution in [2.24, 2.45) is 0 Å². The number of nitrogens with zero attached hydrogens (tertiary/aromatic N) is 3. The Labute approximate surface area is 130 Å². The Bertz CT molecular complexity index is 753. The summed E-state index contributed by atoms with van der Waals surface area (Å²) in [5.74, 6) is -0.865. The number of aromatic nitrogens is 1. The van der Waals surface area contributed by atoms with Gasteiger partial charge < -0.3 is 10.0 Å². The van der Waals surface area contributed by atoms with Crippen molar-refractivity contribution in [2.45, 2.75) is 13.3 Å². The second-order valence-electron chi connectivity index (χ2n) is 4.79. The third-order valence-electron chi connectivity index (χ3n) is 3.31. The van der Waals surface area contributed by atoms with E-state index in [2.05, 4.69) is 27.0 Å². The maximum atomic E-state index is 10.7. The third-order valence-corrected chi connectivity index (χ3v) is 4.31. The number of carboxylic acid groups (broad SMARTS) is 1. The van der Waals surface area contributed by atoms with E-state index in [4.69, 9.17) is 5.11 Å². The van der Waals surface area contributed by atoms with Crippen molar-refractivity contribution in [3.63, 3.8) is 0 Å². The number of aryl methyl sites for hydroxylation is 1. The van der Waals surface area contributed by atoms with Gasteiger partial charge in [-0.15, -0.1) is 0 Å². The topological polar surface area (TPSA) is 77.2 Å². The normalized spacial score (nSPS) is 10.4. The highest BCUT2D eigenvalue weighted by atomic mass is 79.9. The van der Waals surface area contributed by atoms with E-state index in [9.17, 15) is 10.1 Å². The van der Waals surface area contributed by atoms with Gasteiger partial charge in [-0.2, -0.15) is 5.26 Å². The van der Waals surface area contributed by atoms with Gasteiger partial charge in [0, 0.05) is 29.6 Å². The molecular formula is C15H14BrN3O2. The summed E-state index contributed by atoms with van der Waals surface area (Å²) >= 11 is 3.51. The molecule has 0 fully saturated rings. The molecule has 2 rings (SSSR count). The van der Waals surface area contributed by atoms with E-state index < -0.39 is 5.97 Å². The second-order valence-corrected chi connectivity index (χ2v) is 5.58. The lowest BCUT2D eigenvalue weighted by Gasteiger charge is -2.22. The van der Waals surface area contributed by atoms with Crippen LogP contribution in [0.5, 0.6) is 0 Å². The fourth-order valence-electron chi connectivity index (χ4n) is 2.19. The lowest BCUT2D eigenvalue weighted by atomic mass is 10.1. The quantitative estimate of drug-likeness (QED) is 0.919. The van der Waals surface area contributed by atoms with Crippen LogP contribution in [0.3, 0.4) is 0 Å². The van der Waals surface area contributed by atoms with Gasteiger partial charge in [0.15, 0.2) is 0 Å². The van der Waals surface area contributed by atoms with E-state index in [1.165, 1.54) is 6.20 Å². The van der Waals surface area contributed by atoms with Crippen molar-refractivity contribution in [2.75, 3.05) is 18.5 Å². The summed E-state index contributed by atoms with van der Waals surface area (Å²) in [7, 11) is 1.78. The van der Waals surface area contributed by atoms with Crippen LogP contribution in [0.4, 0.5) is 5.69 Å². The number of anilines is 1. The van der Waals surface area contributed by atoms with Crippen molar-refractivity contribution in [1.29, 1.82) is 5.26 Å². The lowest BCUT2D eigenvalue weighted by Crippen LogP contribution is -2.22. The first-order valence-corrected chi connectivity index (χ1v) is 7.16. The lowest BCUT2D eigenvalue weighted by molar-refractivity contribution is -0.136. The summed E-state index contributed by atoms with van der Waals surface area (Å²) in [6.45, 7) is 2.30. The summed E-state index contributed by atoms with van der Waals surface area (Å²) in [4.78, 5) is 16.9. The standard InChI is InChI=1S/C15H14BrN3O2/c1-9-3-4-11-14(13(9)16)18-8-10(7-17)15(11)19(2)6-5-12(20)21/h3-4,8H,5-6H2,1-2H3,(H,20,21). The van der Waals surface area contributed by atoms with Crippen molar-refractivity contribution in [3.8, 4) is 6.07 Å². The largest absolute Gasteiger partial charge is 0.481 e. The Morgan fingerprint density at radius 3 is 2.86 bits per heavy atom. The number of hydrogen-bond donors (Lipinski definition) is 1. The Balaban J connectivity index is 2.62. The number of hydrogen-bond acceptors (Lipinski definition) is 4. The average Bonchev–Trinajstić information content (AvgIpc) is 2.47. The molecule has 0 saturated carbocycles. The number of rotatable bonds is 4.